The maximum Gasteiger partial charge on any atom is 0.116 e. The van der Waals surface area contributed by atoms with Gasteiger partial charge in [0, 0.05) is 0 Å². The van der Waals surface area contributed by atoms with Gasteiger partial charge in [0.25, 0.3) is 0 Å². The number of benzene rings is 2. The fourth-order valence-electron chi connectivity index (χ4n) is 1.84. The molecule has 0 radical (unpaired) electrons. The molecule has 2 aromatic carbocycles. The second-order valence-corrected chi connectivity index (χ2v) is 3.44. The summed E-state index contributed by atoms with van der Waals surface area (Å²) in [4.78, 5) is 0. The second-order valence-electron chi connectivity index (χ2n) is 3.44. The van der Waals surface area contributed by atoms with E-state index >= 15 is 0 Å². The summed E-state index contributed by atoms with van der Waals surface area (Å²) < 4.78 is 0. The van der Waals surface area contributed by atoms with Crippen LogP contribution in [-0.2, 0) is 0 Å². The Balaban J connectivity index is 0.000000581. The van der Waals surface area contributed by atoms with Crippen molar-refractivity contribution in [2.45, 2.75) is 41.5 Å². The molecule has 2 rings (SSSR count). The van der Waals surface area contributed by atoms with E-state index in [0.29, 0.717) is 5.75 Å². The molecular weight excluding hydrogens is 208 g/mol. The summed E-state index contributed by atoms with van der Waals surface area (Å²) in [6.07, 6.45) is 0. The van der Waals surface area contributed by atoms with Gasteiger partial charge in [-0.05, 0) is 47.9 Å². The van der Waals surface area contributed by atoms with Crippen molar-refractivity contribution in [1.29, 1.82) is 0 Å². The number of aryl methyl sites for hydroxylation is 2. The lowest BCUT2D eigenvalue weighted by Gasteiger charge is -2.05. The van der Waals surface area contributed by atoms with Crippen LogP contribution in [0.1, 0.15) is 38.8 Å². The zero-order valence-corrected chi connectivity index (χ0v) is 11.8. The highest BCUT2D eigenvalue weighted by Crippen LogP contribution is 2.26. The van der Waals surface area contributed by atoms with E-state index in [1.807, 2.05) is 46.8 Å². The maximum absolute atomic E-state index is 9.40. The molecule has 0 bridgehead atoms. The summed E-state index contributed by atoms with van der Waals surface area (Å²) in [5, 5.41) is 11.8. The van der Waals surface area contributed by atoms with E-state index in [0.717, 1.165) is 10.9 Å². The van der Waals surface area contributed by atoms with Gasteiger partial charge < -0.3 is 5.11 Å². The van der Waals surface area contributed by atoms with Crippen molar-refractivity contribution in [3.8, 4) is 5.75 Å². The summed E-state index contributed by atoms with van der Waals surface area (Å²) in [6.45, 7) is 12.1. The minimum absolute atomic E-state index is 0.343. The van der Waals surface area contributed by atoms with E-state index in [9.17, 15) is 5.11 Å². The van der Waals surface area contributed by atoms with Gasteiger partial charge in [0.15, 0.2) is 0 Å². The molecular formula is C16H24O. The van der Waals surface area contributed by atoms with E-state index in [1.165, 1.54) is 10.9 Å². The van der Waals surface area contributed by atoms with E-state index in [1.54, 1.807) is 12.1 Å². The fourth-order valence-corrected chi connectivity index (χ4v) is 1.84. The molecule has 17 heavy (non-hydrogen) atoms. The quantitative estimate of drug-likeness (QED) is 0.660. The smallest absolute Gasteiger partial charge is 0.116 e. The largest absolute Gasteiger partial charge is 0.508 e. The molecule has 0 aliphatic heterocycles. The summed E-state index contributed by atoms with van der Waals surface area (Å²) in [6, 6.07) is 9.72. The molecule has 0 fully saturated rings. The summed E-state index contributed by atoms with van der Waals surface area (Å²) in [5.74, 6) is 0.343. The molecule has 1 nitrogen and oxygen atoms in total. The van der Waals surface area contributed by atoms with Crippen LogP contribution in [0, 0.1) is 13.8 Å². The van der Waals surface area contributed by atoms with Gasteiger partial charge in [-0.3, -0.25) is 0 Å². The van der Waals surface area contributed by atoms with E-state index in [-0.39, 0.29) is 0 Å². The van der Waals surface area contributed by atoms with Crippen LogP contribution in [0.4, 0.5) is 0 Å². The fraction of sp³-hybridized carbons (Fsp3) is 0.375. The lowest BCUT2D eigenvalue weighted by molar-refractivity contribution is 0.476. The molecule has 2 aromatic rings. The standard InChI is InChI=1S/C12H12O.2C2H6/c1-8-4-3-5-10-7-11(13)6-9(2)12(8)10;2*1-2/h3-7,13H,1-2H3;2*1-2H3. The second kappa shape index (κ2) is 7.72. The molecule has 0 atom stereocenters. The molecule has 1 heteroatoms. The Kier molecular flexibility index (Phi) is 7.04. The number of hydrogen-bond acceptors (Lipinski definition) is 1. The molecule has 0 saturated carbocycles. The van der Waals surface area contributed by atoms with Gasteiger partial charge in [-0.1, -0.05) is 45.9 Å². The van der Waals surface area contributed by atoms with Gasteiger partial charge >= 0.3 is 0 Å². The van der Waals surface area contributed by atoms with E-state index in [4.69, 9.17) is 0 Å². The Bertz CT molecular complexity index is 458. The lowest BCUT2D eigenvalue weighted by atomic mass is 10.0. The van der Waals surface area contributed by atoms with Crippen LogP contribution >= 0.6 is 0 Å². The average Bonchev–Trinajstić information content (AvgIpc) is 2.33. The van der Waals surface area contributed by atoms with Crippen molar-refractivity contribution in [3.05, 3.63) is 41.5 Å². The van der Waals surface area contributed by atoms with Crippen LogP contribution in [0.3, 0.4) is 0 Å². The molecule has 0 amide bonds. The van der Waals surface area contributed by atoms with Crippen molar-refractivity contribution in [2.24, 2.45) is 0 Å². The average molecular weight is 232 g/mol. The number of phenols is 1. The van der Waals surface area contributed by atoms with Gasteiger partial charge in [0.2, 0.25) is 0 Å². The monoisotopic (exact) mass is 232 g/mol. The normalized spacial score (nSPS) is 8.82. The molecule has 0 aliphatic carbocycles. The Morgan fingerprint density at radius 3 is 2.00 bits per heavy atom. The zero-order valence-electron chi connectivity index (χ0n) is 11.8. The highest BCUT2D eigenvalue weighted by Gasteiger charge is 2.01. The first kappa shape index (κ1) is 15.5. The Hall–Kier alpha value is -1.50. The third kappa shape index (κ3) is 3.77. The third-order valence-corrected chi connectivity index (χ3v) is 2.37. The molecule has 1 N–H and O–H groups in total. The van der Waals surface area contributed by atoms with Crippen molar-refractivity contribution < 1.29 is 5.11 Å². The number of hydrogen-bond donors (Lipinski definition) is 1. The van der Waals surface area contributed by atoms with Crippen molar-refractivity contribution in [3.63, 3.8) is 0 Å². The Morgan fingerprint density at radius 2 is 1.41 bits per heavy atom. The van der Waals surface area contributed by atoms with Gasteiger partial charge in [-0.25, -0.2) is 0 Å². The first-order valence-corrected chi connectivity index (χ1v) is 6.37. The predicted octanol–water partition coefficient (Wildman–Crippen LogP) is 5.21. The first-order chi connectivity index (χ1) is 8.18. The van der Waals surface area contributed by atoms with Crippen LogP contribution in [0.2, 0.25) is 0 Å². The number of aromatic hydroxyl groups is 1. The van der Waals surface area contributed by atoms with Crippen LogP contribution < -0.4 is 0 Å². The molecule has 0 saturated heterocycles. The first-order valence-electron chi connectivity index (χ1n) is 6.37. The molecule has 0 aromatic heterocycles. The Labute approximate surface area is 105 Å². The number of fused-ring (bicyclic) bond motifs is 1. The van der Waals surface area contributed by atoms with Crippen LogP contribution in [0.5, 0.6) is 5.75 Å². The minimum Gasteiger partial charge on any atom is -0.508 e. The molecule has 0 aliphatic rings. The van der Waals surface area contributed by atoms with Crippen molar-refractivity contribution in [1.82, 2.24) is 0 Å². The van der Waals surface area contributed by atoms with Crippen LogP contribution in [-0.4, -0.2) is 5.11 Å². The molecule has 0 heterocycles. The van der Waals surface area contributed by atoms with Gasteiger partial charge in [-0.2, -0.15) is 0 Å². The number of phenolic OH excluding ortho intramolecular Hbond substituents is 1. The Morgan fingerprint density at radius 1 is 0.824 bits per heavy atom. The summed E-state index contributed by atoms with van der Waals surface area (Å²) >= 11 is 0. The SMILES string of the molecule is CC.CC.Cc1cccc2cc(O)cc(C)c12. The van der Waals surface area contributed by atoms with Gasteiger partial charge in [0.05, 0.1) is 0 Å². The minimum atomic E-state index is 0.343. The topological polar surface area (TPSA) is 20.2 Å². The predicted molar refractivity (Wildman–Crippen MR) is 77.8 cm³/mol. The summed E-state index contributed by atoms with van der Waals surface area (Å²) in [5.41, 5.74) is 2.39. The van der Waals surface area contributed by atoms with Crippen molar-refractivity contribution >= 4 is 10.8 Å². The van der Waals surface area contributed by atoms with Crippen LogP contribution in [0.25, 0.3) is 10.8 Å². The highest BCUT2D eigenvalue weighted by molar-refractivity contribution is 5.89. The van der Waals surface area contributed by atoms with Crippen molar-refractivity contribution in [2.75, 3.05) is 0 Å². The zero-order chi connectivity index (χ0) is 13.4. The van der Waals surface area contributed by atoms with Gasteiger partial charge in [0.1, 0.15) is 5.75 Å². The van der Waals surface area contributed by atoms with E-state index < -0.39 is 0 Å². The molecule has 0 unspecified atom stereocenters. The van der Waals surface area contributed by atoms with Crippen LogP contribution in [0.15, 0.2) is 30.3 Å². The number of rotatable bonds is 0. The maximum atomic E-state index is 9.40. The molecule has 94 valence electrons. The van der Waals surface area contributed by atoms with E-state index in [2.05, 4.69) is 13.0 Å². The van der Waals surface area contributed by atoms with Gasteiger partial charge in [-0.15, -0.1) is 0 Å². The highest BCUT2D eigenvalue weighted by atomic mass is 16.3. The summed E-state index contributed by atoms with van der Waals surface area (Å²) in [7, 11) is 0. The lowest BCUT2D eigenvalue weighted by Crippen LogP contribution is -1.82. The third-order valence-electron chi connectivity index (χ3n) is 2.37. The molecule has 0 spiro atoms.